The summed E-state index contributed by atoms with van der Waals surface area (Å²) < 4.78 is 0. The van der Waals surface area contributed by atoms with E-state index in [0.717, 1.165) is 21.7 Å². The number of carbonyl (C=O) groups is 1. The fourth-order valence-electron chi connectivity index (χ4n) is 2.05. The van der Waals surface area contributed by atoms with Crippen LogP contribution in [-0.4, -0.2) is 10.8 Å². The van der Waals surface area contributed by atoms with Gasteiger partial charge >= 0.3 is 0 Å². The molecule has 3 aromatic rings. The van der Waals surface area contributed by atoms with Gasteiger partial charge in [-0.15, -0.1) is 11.3 Å². The van der Waals surface area contributed by atoms with Gasteiger partial charge in [0.1, 0.15) is 0 Å². The Morgan fingerprint density at radius 2 is 1.85 bits per heavy atom. The third kappa shape index (κ3) is 2.63. The van der Waals surface area contributed by atoms with E-state index in [1.807, 2.05) is 66.2 Å². The van der Waals surface area contributed by atoms with E-state index < -0.39 is 0 Å². The van der Waals surface area contributed by atoms with Crippen molar-refractivity contribution in [3.8, 4) is 0 Å². The van der Waals surface area contributed by atoms with E-state index in [0.29, 0.717) is 0 Å². The maximum atomic E-state index is 12.3. The molecule has 0 atom stereocenters. The van der Waals surface area contributed by atoms with Crippen molar-refractivity contribution >= 4 is 22.7 Å². The molecule has 1 N–H and O–H groups in total. The number of carbonyl (C=O) groups excluding carboxylic acids is 1. The fourth-order valence-corrected chi connectivity index (χ4v) is 2.69. The van der Waals surface area contributed by atoms with Crippen LogP contribution in [0.5, 0.6) is 0 Å². The van der Waals surface area contributed by atoms with Gasteiger partial charge in [0.05, 0.1) is 4.88 Å². The lowest BCUT2D eigenvalue weighted by Gasteiger charge is -2.05. The maximum absolute atomic E-state index is 12.3. The first kappa shape index (κ1) is 12.6. The number of hydrogen-bond donors (Lipinski definition) is 1. The summed E-state index contributed by atoms with van der Waals surface area (Å²) in [6, 6.07) is 17.6. The van der Waals surface area contributed by atoms with Crippen LogP contribution in [0.2, 0.25) is 0 Å². The number of H-pyrrole nitrogens is 1. The van der Waals surface area contributed by atoms with Crippen LogP contribution in [0.4, 0.5) is 0 Å². The van der Waals surface area contributed by atoms with Gasteiger partial charge in [-0.25, -0.2) is 0 Å². The van der Waals surface area contributed by atoms with E-state index in [4.69, 9.17) is 0 Å². The molecule has 0 radical (unpaired) electrons. The quantitative estimate of drug-likeness (QED) is 0.557. The molecule has 0 aliphatic carbocycles. The van der Waals surface area contributed by atoms with E-state index in [-0.39, 0.29) is 5.78 Å². The Bertz CT molecular complexity index is 710. The summed E-state index contributed by atoms with van der Waals surface area (Å²) in [6.07, 6.45) is 3.56. The SMILES string of the molecule is O=C(/C=C(/c1ccccc1)c1ccc[nH]1)c1cccs1. The molecule has 0 aliphatic heterocycles. The van der Waals surface area contributed by atoms with Crippen LogP contribution in [0.15, 0.2) is 72.3 Å². The van der Waals surface area contributed by atoms with Crippen LogP contribution in [0.3, 0.4) is 0 Å². The molecule has 0 unspecified atom stereocenters. The van der Waals surface area contributed by atoms with Crippen LogP contribution < -0.4 is 0 Å². The number of aromatic amines is 1. The van der Waals surface area contributed by atoms with Crippen LogP contribution in [0.1, 0.15) is 20.9 Å². The molecule has 20 heavy (non-hydrogen) atoms. The number of hydrogen-bond acceptors (Lipinski definition) is 2. The first-order valence-electron chi connectivity index (χ1n) is 6.33. The topological polar surface area (TPSA) is 32.9 Å². The van der Waals surface area contributed by atoms with Gasteiger partial charge in [0.2, 0.25) is 0 Å². The highest BCUT2D eigenvalue weighted by molar-refractivity contribution is 7.12. The zero-order valence-corrected chi connectivity index (χ0v) is 11.6. The van der Waals surface area contributed by atoms with E-state index in [9.17, 15) is 4.79 Å². The van der Waals surface area contributed by atoms with Crippen molar-refractivity contribution < 1.29 is 4.79 Å². The number of allylic oxidation sites excluding steroid dienone is 1. The van der Waals surface area contributed by atoms with Crippen molar-refractivity contribution in [2.75, 3.05) is 0 Å². The summed E-state index contributed by atoms with van der Waals surface area (Å²) in [5.74, 6) is 0.0356. The van der Waals surface area contributed by atoms with Gasteiger partial charge in [0.25, 0.3) is 0 Å². The lowest BCUT2D eigenvalue weighted by Crippen LogP contribution is -1.95. The van der Waals surface area contributed by atoms with Gasteiger partial charge in [-0.1, -0.05) is 36.4 Å². The standard InChI is InChI=1S/C17H13NOS/c19-16(17-9-5-11-20-17)12-14(15-8-4-10-18-15)13-6-2-1-3-7-13/h1-12,18H/b14-12-. The van der Waals surface area contributed by atoms with Crippen LogP contribution >= 0.6 is 11.3 Å². The highest BCUT2D eigenvalue weighted by Crippen LogP contribution is 2.23. The average molecular weight is 279 g/mol. The van der Waals surface area contributed by atoms with Gasteiger partial charge in [0, 0.05) is 17.5 Å². The van der Waals surface area contributed by atoms with E-state index in [1.54, 1.807) is 6.08 Å². The Hall–Kier alpha value is -2.39. The molecule has 0 fully saturated rings. The predicted molar refractivity (Wildman–Crippen MR) is 83.0 cm³/mol. The first-order chi connectivity index (χ1) is 9.84. The highest BCUT2D eigenvalue weighted by atomic mass is 32.1. The molecular weight excluding hydrogens is 266 g/mol. The molecule has 1 aromatic carbocycles. The molecule has 2 aromatic heterocycles. The van der Waals surface area contributed by atoms with E-state index in [2.05, 4.69) is 4.98 Å². The lowest BCUT2D eigenvalue weighted by molar-refractivity contribution is 0.105. The Balaban J connectivity index is 2.05. The summed E-state index contributed by atoms with van der Waals surface area (Å²) in [6.45, 7) is 0. The lowest BCUT2D eigenvalue weighted by atomic mass is 10.0. The third-order valence-corrected chi connectivity index (χ3v) is 3.90. The predicted octanol–water partition coefficient (Wildman–Crippen LogP) is 4.39. The molecule has 2 nitrogen and oxygen atoms in total. The Labute approximate surface area is 121 Å². The van der Waals surface area contributed by atoms with Gasteiger partial charge < -0.3 is 4.98 Å². The van der Waals surface area contributed by atoms with Crippen molar-refractivity contribution in [1.29, 1.82) is 0 Å². The number of benzene rings is 1. The molecule has 0 saturated carbocycles. The molecule has 0 amide bonds. The summed E-state index contributed by atoms with van der Waals surface area (Å²) in [5.41, 5.74) is 2.88. The fraction of sp³-hybridized carbons (Fsp3) is 0. The molecule has 2 heterocycles. The summed E-state index contributed by atoms with van der Waals surface area (Å²) in [5, 5.41) is 1.91. The van der Waals surface area contributed by atoms with Gasteiger partial charge in [-0.2, -0.15) is 0 Å². The molecule has 3 heteroatoms. The molecule has 0 bridgehead atoms. The van der Waals surface area contributed by atoms with Crippen LogP contribution in [0, 0.1) is 0 Å². The maximum Gasteiger partial charge on any atom is 0.196 e. The monoisotopic (exact) mass is 279 g/mol. The minimum atomic E-state index is 0.0356. The van der Waals surface area contributed by atoms with Gasteiger partial charge in [-0.05, 0) is 35.2 Å². The average Bonchev–Trinajstić information content (AvgIpc) is 3.18. The van der Waals surface area contributed by atoms with Crippen molar-refractivity contribution in [3.05, 3.63) is 88.4 Å². The first-order valence-corrected chi connectivity index (χ1v) is 7.21. The van der Waals surface area contributed by atoms with Gasteiger partial charge in [0.15, 0.2) is 5.78 Å². The van der Waals surface area contributed by atoms with E-state index in [1.165, 1.54) is 11.3 Å². The zero-order chi connectivity index (χ0) is 13.8. The Kier molecular flexibility index (Phi) is 3.61. The highest BCUT2D eigenvalue weighted by Gasteiger charge is 2.10. The molecule has 3 rings (SSSR count). The minimum absolute atomic E-state index is 0.0356. The Morgan fingerprint density at radius 3 is 2.50 bits per heavy atom. The molecule has 98 valence electrons. The number of ketones is 1. The minimum Gasteiger partial charge on any atom is -0.361 e. The molecule has 0 aliphatic rings. The number of aromatic nitrogens is 1. The molecule has 0 saturated heterocycles. The van der Waals surface area contributed by atoms with Crippen molar-refractivity contribution in [1.82, 2.24) is 4.98 Å². The zero-order valence-electron chi connectivity index (χ0n) is 10.7. The summed E-state index contributed by atoms with van der Waals surface area (Å²) in [4.78, 5) is 16.2. The number of thiophene rings is 1. The summed E-state index contributed by atoms with van der Waals surface area (Å²) >= 11 is 1.46. The van der Waals surface area contributed by atoms with Crippen molar-refractivity contribution in [2.45, 2.75) is 0 Å². The number of nitrogens with one attached hydrogen (secondary N) is 1. The second-order valence-corrected chi connectivity index (χ2v) is 5.30. The number of rotatable bonds is 4. The van der Waals surface area contributed by atoms with Crippen molar-refractivity contribution in [2.24, 2.45) is 0 Å². The normalized spacial score (nSPS) is 11.5. The third-order valence-electron chi connectivity index (χ3n) is 3.01. The van der Waals surface area contributed by atoms with Crippen LogP contribution in [0.25, 0.3) is 5.57 Å². The van der Waals surface area contributed by atoms with E-state index >= 15 is 0 Å². The molecular formula is C17H13NOS. The Morgan fingerprint density at radius 1 is 1.00 bits per heavy atom. The van der Waals surface area contributed by atoms with Crippen molar-refractivity contribution in [3.63, 3.8) is 0 Å². The largest absolute Gasteiger partial charge is 0.361 e. The summed E-state index contributed by atoms with van der Waals surface area (Å²) in [7, 11) is 0. The molecule has 0 spiro atoms. The second kappa shape index (κ2) is 5.72. The smallest absolute Gasteiger partial charge is 0.196 e. The second-order valence-electron chi connectivity index (χ2n) is 4.35. The van der Waals surface area contributed by atoms with Crippen LogP contribution in [-0.2, 0) is 0 Å². The van der Waals surface area contributed by atoms with Gasteiger partial charge in [-0.3, -0.25) is 4.79 Å².